The Morgan fingerprint density at radius 1 is 1.16 bits per heavy atom. The Morgan fingerprint density at radius 3 is 2.57 bits per heavy atom. The van der Waals surface area contributed by atoms with Crippen LogP contribution in [0.15, 0.2) is 29.3 Å². The van der Waals surface area contributed by atoms with Crippen molar-refractivity contribution in [3.63, 3.8) is 0 Å². The van der Waals surface area contributed by atoms with Crippen LogP contribution in [-0.4, -0.2) is 95.3 Å². The second-order valence-corrected chi connectivity index (χ2v) is 11.4. The highest BCUT2D eigenvalue weighted by Gasteiger charge is 2.34. The molecule has 1 saturated heterocycles. The molecule has 0 spiro atoms. The van der Waals surface area contributed by atoms with Crippen molar-refractivity contribution in [1.82, 2.24) is 39.0 Å². The maximum atomic E-state index is 14.2. The Bertz CT molecular complexity index is 2130. The maximum absolute atomic E-state index is 14.2. The van der Waals surface area contributed by atoms with Crippen molar-refractivity contribution in [3.8, 4) is 5.75 Å². The average Bonchev–Trinajstić information content (AvgIpc) is 3.55. The quantitative estimate of drug-likeness (QED) is 0.271. The van der Waals surface area contributed by atoms with E-state index in [1.165, 1.54) is 18.2 Å². The predicted octanol–water partition coefficient (Wildman–Crippen LogP) is 2.73. The van der Waals surface area contributed by atoms with E-state index in [1.807, 2.05) is 0 Å². The minimum Gasteiger partial charge on any atom is -0.504 e. The number of fused-ring (bicyclic) bond motifs is 1. The molecule has 4 aromatic heterocycles. The highest BCUT2D eigenvalue weighted by atomic mass is 35.5. The van der Waals surface area contributed by atoms with E-state index in [-0.39, 0.29) is 85.0 Å². The fourth-order valence-electron chi connectivity index (χ4n) is 5.51. The van der Waals surface area contributed by atoms with E-state index < -0.39 is 40.9 Å². The van der Waals surface area contributed by atoms with Gasteiger partial charge in [-0.15, -0.1) is 5.10 Å². The number of ether oxygens (including phenoxy) is 1. The standard InChI is InChI=1S/C30H30ClF3N10O5/c1-3-19-23(41-8-10-42(11-9-41)27(47)22-24(46)16(2)35-15-36-22)28(48)44-29(39-26(40-44)17-6-12-49-13-7-17)43(19)14-21(45)37-18-4-5-20(30(32,33)34)38-25(18)31/h4-6,15,46H,3,7-14H2,1-2H3,(H,37,45)/i14D2. The van der Waals surface area contributed by atoms with Gasteiger partial charge in [0.05, 0.1) is 33.0 Å². The lowest BCUT2D eigenvalue weighted by molar-refractivity contribution is -0.141. The van der Waals surface area contributed by atoms with Crippen molar-refractivity contribution < 1.29 is 35.3 Å². The Kier molecular flexibility index (Phi) is 8.54. The van der Waals surface area contributed by atoms with Crippen LogP contribution in [0, 0.1) is 6.92 Å². The van der Waals surface area contributed by atoms with Gasteiger partial charge in [-0.05, 0) is 37.5 Å². The number of aromatic hydroxyl groups is 1. The summed E-state index contributed by atoms with van der Waals surface area (Å²) in [4.78, 5) is 59.8. The second kappa shape index (κ2) is 13.4. The van der Waals surface area contributed by atoms with Crippen LogP contribution in [0.2, 0.25) is 5.15 Å². The van der Waals surface area contributed by atoms with Crippen molar-refractivity contribution in [2.24, 2.45) is 0 Å². The summed E-state index contributed by atoms with van der Waals surface area (Å²) in [6.45, 7) is 1.13. The molecule has 0 saturated carbocycles. The Hall–Kier alpha value is -5.10. The van der Waals surface area contributed by atoms with Gasteiger partial charge in [0, 0.05) is 26.2 Å². The zero-order valence-corrected chi connectivity index (χ0v) is 26.8. The van der Waals surface area contributed by atoms with E-state index in [1.54, 1.807) is 17.9 Å². The molecule has 258 valence electrons. The monoisotopic (exact) mass is 704 g/mol. The molecule has 0 atom stereocenters. The fraction of sp³-hybridized carbons (Fsp3) is 0.400. The van der Waals surface area contributed by atoms with Crippen LogP contribution in [0.4, 0.5) is 24.5 Å². The lowest BCUT2D eigenvalue weighted by Crippen LogP contribution is -2.51. The van der Waals surface area contributed by atoms with Crippen molar-refractivity contribution in [1.29, 1.82) is 0 Å². The van der Waals surface area contributed by atoms with Gasteiger partial charge in [-0.3, -0.25) is 14.4 Å². The number of aromatic nitrogens is 7. The molecule has 6 rings (SSSR count). The maximum Gasteiger partial charge on any atom is 0.433 e. The van der Waals surface area contributed by atoms with Crippen molar-refractivity contribution >= 4 is 46.1 Å². The highest BCUT2D eigenvalue weighted by Crippen LogP contribution is 2.31. The highest BCUT2D eigenvalue weighted by molar-refractivity contribution is 6.32. The van der Waals surface area contributed by atoms with Gasteiger partial charge in [-0.25, -0.2) is 15.0 Å². The van der Waals surface area contributed by atoms with Crippen LogP contribution >= 0.6 is 11.6 Å². The Labute approximate surface area is 283 Å². The summed E-state index contributed by atoms with van der Waals surface area (Å²) in [5.74, 6) is -2.42. The Balaban J connectivity index is 1.41. The number of rotatable bonds is 7. The average molecular weight is 705 g/mol. The number of aryl methyl sites for hydroxylation is 1. The first kappa shape index (κ1) is 31.2. The number of pyridine rings is 1. The minimum atomic E-state index is -4.81. The van der Waals surface area contributed by atoms with Crippen LogP contribution in [0.3, 0.4) is 0 Å². The van der Waals surface area contributed by atoms with Gasteiger partial charge in [0.1, 0.15) is 24.2 Å². The third-order valence-corrected chi connectivity index (χ3v) is 8.29. The van der Waals surface area contributed by atoms with Crippen LogP contribution in [0.1, 0.15) is 49.5 Å². The van der Waals surface area contributed by atoms with Gasteiger partial charge >= 0.3 is 6.18 Å². The molecule has 2 N–H and O–H groups in total. The molecule has 49 heavy (non-hydrogen) atoms. The number of hydrogen-bond donors (Lipinski definition) is 2. The predicted molar refractivity (Wildman–Crippen MR) is 169 cm³/mol. The number of nitrogens with one attached hydrogen (secondary N) is 1. The summed E-state index contributed by atoms with van der Waals surface area (Å²) in [6, 6.07) is 1.45. The van der Waals surface area contributed by atoms with Crippen molar-refractivity contribution in [2.45, 2.75) is 39.4 Å². The molecular weight excluding hydrogens is 673 g/mol. The zero-order chi connectivity index (χ0) is 36.8. The lowest BCUT2D eigenvalue weighted by atomic mass is 10.1. The summed E-state index contributed by atoms with van der Waals surface area (Å²) in [5.41, 5.74) is -1.58. The van der Waals surface area contributed by atoms with Crippen LogP contribution in [0.5, 0.6) is 5.75 Å². The topological polar surface area (TPSA) is 173 Å². The third-order valence-electron chi connectivity index (χ3n) is 8.01. The molecule has 1 fully saturated rings. The third kappa shape index (κ3) is 6.65. The molecule has 0 aromatic carbocycles. The first-order valence-electron chi connectivity index (χ1n) is 16.1. The normalized spacial score (nSPS) is 16.3. The van der Waals surface area contributed by atoms with Crippen molar-refractivity contribution in [3.05, 3.63) is 68.6 Å². The summed E-state index contributed by atoms with van der Waals surface area (Å²) in [5, 5.41) is 16.3. The smallest absolute Gasteiger partial charge is 0.433 e. The number of carbonyl (C=O) groups excluding carboxylic acids is 2. The largest absolute Gasteiger partial charge is 0.504 e. The molecule has 15 nitrogen and oxygen atoms in total. The van der Waals surface area contributed by atoms with Crippen LogP contribution < -0.4 is 15.8 Å². The van der Waals surface area contributed by atoms with E-state index in [4.69, 9.17) is 19.1 Å². The molecule has 2 aliphatic heterocycles. The molecule has 0 radical (unpaired) electrons. The molecule has 6 heterocycles. The molecule has 0 aliphatic carbocycles. The fourth-order valence-corrected chi connectivity index (χ4v) is 5.71. The summed E-state index contributed by atoms with van der Waals surface area (Å²) in [6.07, 6.45) is -1.50. The number of alkyl halides is 3. The van der Waals surface area contributed by atoms with Crippen LogP contribution in [-0.2, 0) is 28.6 Å². The zero-order valence-electron chi connectivity index (χ0n) is 28.1. The van der Waals surface area contributed by atoms with E-state index >= 15 is 0 Å². The van der Waals surface area contributed by atoms with Gasteiger partial charge < -0.3 is 29.5 Å². The van der Waals surface area contributed by atoms with E-state index in [0.29, 0.717) is 24.7 Å². The van der Waals surface area contributed by atoms with Crippen molar-refractivity contribution in [2.75, 3.05) is 49.6 Å². The number of piperazine rings is 1. The van der Waals surface area contributed by atoms with Gasteiger partial charge in [0.15, 0.2) is 22.4 Å². The molecule has 2 amide bonds. The molecule has 0 unspecified atom stereocenters. The summed E-state index contributed by atoms with van der Waals surface area (Å²) < 4.78 is 64.8. The Morgan fingerprint density at radius 2 is 1.92 bits per heavy atom. The number of carbonyl (C=O) groups is 2. The van der Waals surface area contributed by atoms with E-state index in [2.05, 4.69) is 30.4 Å². The number of anilines is 2. The number of nitrogens with zero attached hydrogens (tertiary/aromatic N) is 9. The molecule has 0 bridgehead atoms. The molecule has 2 aliphatic rings. The number of halogens is 4. The number of amides is 2. The summed E-state index contributed by atoms with van der Waals surface area (Å²) in [7, 11) is 0. The number of hydrogen-bond acceptors (Lipinski definition) is 11. The molecule has 4 aromatic rings. The first-order valence-corrected chi connectivity index (χ1v) is 15.4. The SMILES string of the molecule is [2H]C([2H])(C(=O)Nc1ccc(C(F)(F)F)nc1Cl)n1c(CC)c(N2CCN(C(=O)c3ncnc(C)c3O)CC2)c(=O)n2nc(C3=CCOCC3)nc12. The van der Waals surface area contributed by atoms with Crippen LogP contribution in [0.25, 0.3) is 11.4 Å². The molecule has 19 heteroatoms. The lowest BCUT2D eigenvalue weighted by Gasteiger charge is -2.36. The van der Waals surface area contributed by atoms with E-state index in [0.717, 1.165) is 15.1 Å². The van der Waals surface area contributed by atoms with Gasteiger partial charge in [0.25, 0.3) is 11.5 Å². The summed E-state index contributed by atoms with van der Waals surface area (Å²) >= 11 is 5.96. The van der Waals surface area contributed by atoms with Gasteiger partial charge in [-0.1, -0.05) is 24.6 Å². The minimum absolute atomic E-state index is 0.00105. The van der Waals surface area contributed by atoms with E-state index in [9.17, 15) is 32.7 Å². The second-order valence-electron chi connectivity index (χ2n) is 11.0. The molecular formula is C30H30ClF3N10O5. The first-order chi connectivity index (χ1) is 24.1. The van der Waals surface area contributed by atoms with Gasteiger partial charge in [0.2, 0.25) is 11.7 Å². The van der Waals surface area contributed by atoms with Gasteiger partial charge in [-0.2, -0.15) is 22.7 Å².